The van der Waals surface area contributed by atoms with Crippen LogP contribution in [0.25, 0.3) is 6.08 Å². The third kappa shape index (κ3) is 5.09. The molecular weight excluding hydrogens is 499 g/mol. The first-order valence-corrected chi connectivity index (χ1v) is 11.2. The fourth-order valence-electron chi connectivity index (χ4n) is 3.27. The number of imide groups is 2. The lowest BCUT2D eigenvalue weighted by atomic mass is 10.1. The van der Waals surface area contributed by atoms with E-state index in [-0.39, 0.29) is 17.2 Å². The van der Waals surface area contributed by atoms with Gasteiger partial charge in [0.2, 0.25) is 0 Å². The highest BCUT2D eigenvalue weighted by Crippen LogP contribution is 2.29. The number of carbonyl (C=O) groups excluding carboxylic acids is 3. The normalized spacial score (nSPS) is 15.0. The van der Waals surface area contributed by atoms with Gasteiger partial charge in [0.25, 0.3) is 11.8 Å². The SMILES string of the molecule is Cc1ccc(N2C(=O)NC(=O)/C(=C\c3ccc(OCc4ccc(Cl)c(Cl)c4)c(Cl)c3)C2=O)cc1. The molecule has 1 fully saturated rings. The number of urea groups is 1. The van der Waals surface area contributed by atoms with Crippen molar-refractivity contribution in [1.82, 2.24) is 5.32 Å². The minimum absolute atomic E-state index is 0.194. The van der Waals surface area contributed by atoms with Crippen molar-refractivity contribution >= 4 is 64.4 Å². The quantitative estimate of drug-likeness (QED) is 0.324. The van der Waals surface area contributed by atoms with Crippen LogP contribution in [0.1, 0.15) is 16.7 Å². The zero-order chi connectivity index (χ0) is 24.4. The number of hydrogen-bond donors (Lipinski definition) is 1. The Morgan fingerprint density at radius 3 is 2.29 bits per heavy atom. The van der Waals surface area contributed by atoms with Crippen molar-refractivity contribution in [2.45, 2.75) is 13.5 Å². The van der Waals surface area contributed by atoms with E-state index in [0.29, 0.717) is 27.0 Å². The molecule has 34 heavy (non-hydrogen) atoms. The number of anilines is 1. The summed E-state index contributed by atoms with van der Waals surface area (Å²) >= 11 is 18.3. The molecule has 4 amide bonds. The van der Waals surface area contributed by atoms with E-state index >= 15 is 0 Å². The first kappa shape index (κ1) is 23.8. The van der Waals surface area contributed by atoms with E-state index in [2.05, 4.69) is 5.32 Å². The molecule has 0 unspecified atom stereocenters. The van der Waals surface area contributed by atoms with E-state index in [4.69, 9.17) is 39.5 Å². The largest absolute Gasteiger partial charge is 0.487 e. The first-order chi connectivity index (χ1) is 16.2. The first-order valence-electron chi connectivity index (χ1n) is 10.1. The lowest BCUT2D eigenvalue weighted by Gasteiger charge is -2.26. The van der Waals surface area contributed by atoms with Gasteiger partial charge in [-0.15, -0.1) is 0 Å². The van der Waals surface area contributed by atoms with E-state index < -0.39 is 17.8 Å². The Bertz CT molecular complexity index is 1340. The second-order valence-corrected chi connectivity index (χ2v) is 8.74. The molecule has 172 valence electrons. The number of carbonyl (C=O) groups is 3. The summed E-state index contributed by atoms with van der Waals surface area (Å²) < 4.78 is 5.75. The summed E-state index contributed by atoms with van der Waals surface area (Å²) in [7, 11) is 0. The summed E-state index contributed by atoms with van der Waals surface area (Å²) in [5.41, 5.74) is 2.43. The van der Waals surface area contributed by atoms with Gasteiger partial charge in [-0.1, -0.05) is 64.6 Å². The maximum Gasteiger partial charge on any atom is 0.335 e. The fraction of sp³-hybridized carbons (Fsp3) is 0.0800. The van der Waals surface area contributed by atoms with Gasteiger partial charge in [0.1, 0.15) is 17.9 Å². The van der Waals surface area contributed by atoms with Crippen molar-refractivity contribution in [1.29, 1.82) is 0 Å². The van der Waals surface area contributed by atoms with Crippen LogP contribution in [0.3, 0.4) is 0 Å². The molecule has 0 saturated carbocycles. The van der Waals surface area contributed by atoms with E-state index in [9.17, 15) is 14.4 Å². The number of amides is 4. The van der Waals surface area contributed by atoms with Crippen LogP contribution in [-0.4, -0.2) is 17.8 Å². The second kappa shape index (κ2) is 9.89. The van der Waals surface area contributed by atoms with Crippen molar-refractivity contribution in [2.24, 2.45) is 0 Å². The van der Waals surface area contributed by atoms with Gasteiger partial charge < -0.3 is 4.74 Å². The van der Waals surface area contributed by atoms with Crippen molar-refractivity contribution in [3.63, 3.8) is 0 Å². The predicted octanol–water partition coefficient (Wildman–Crippen LogP) is 6.20. The Balaban J connectivity index is 1.55. The van der Waals surface area contributed by atoms with Gasteiger partial charge in [-0.05, 0) is 60.5 Å². The third-order valence-electron chi connectivity index (χ3n) is 5.04. The zero-order valence-corrected chi connectivity index (χ0v) is 20.0. The van der Waals surface area contributed by atoms with Gasteiger partial charge in [0.15, 0.2) is 0 Å². The highest BCUT2D eigenvalue weighted by molar-refractivity contribution is 6.42. The van der Waals surface area contributed by atoms with E-state index in [1.807, 2.05) is 6.92 Å². The molecule has 1 heterocycles. The zero-order valence-electron chi connectivity index (χ0n) is 17.8. The Labute approximate surface area is 210 Å². The Kier molecular flexibility index (Phi) is 6.93. The summed E-state index contributed by atoms with van der Waals surface area (Å²) in [6.07, 6.45) is 1.37. The molecule has 0 aromatic heterocycles. The number of ether oxygens (including phenoxy) is 1. The summed E-state index contributed by atoms with van der Waals surface area (Å²) in [4.78, 5) is 38.6. The lowest BCUT2D eigenvalue weighted by Crippen LogP contribution is -2.54. The predicted molar refractivity (Wildman–Crippen MR) is 132 cm³/mol. The Morgan fingerprint density at radius 2 is 1.62 bits per heavy atom. The maximum absolute atomic E-state index is 13.0. The smallest absolute Gasteiger partial charge is 0.335 e. The molecule has 9 heteroatoms. The van der Waals surface area contributed by atoms with Crippen LogP contribution in [0.4, 0.5) is 10.5 Å². The van der Waals surface area contributed by atoms with E-state index in [0.717, 1.165) is 16.0 Å². The number of nitrogens with zero attached hydrogens (tertiary/aromatic N) is 1. The number of nitrogens with one attached hydrogen (secondary N) is 1. The molecule has 0 aliphatic carbocycles. The lowest BCUT2D eigenvalue weighted by molar-refractivity contribution is -0.122. The molecule has 6 nitrogen and oxygen atoms in total. The number of hydrogen-bond acceptors (Lipinski definition) is 4. The highest BCUT2D eigenvalue weighted by atomic mass is 35.5. The molecule has 1 aliphatic heterocycles. The van der Waals surface area contributed by atoms with E-state index in [1.165, 1.54) is 6.08 Å². The van der Waals surface area contributed by atoms with Gasteiger partial charge in [0, 0.05) is 0 Å². The minimum atomic E-state index is -0.805. The number of benzene rings is 3. The molecule has 1 aliphatic rings. The van der Waals surface area contributed by atoms with Gasteiger partial charge in [-0.3, -0.25) is 14.9 Å². The van der Waals surface area contributed by atoms with Gasteiger partial charge >= 0.3 is 6.03 Å². The van der Waals surface area contributed by atoms with Crippen LogP contribution >= 0.6 is 34.8 Å². The molecule has 1 saturated heterocycles. The average molecular weight is 516 g/mol. The van der Waals surface area contributed by atoms with Crippen molar-refractivity contribution in [3.8, 4) is 5.75 Å². The van der Waals surface area contributed by atoms with Crippen molar-refractivity contribution in [2.75, 3.05) is 4.90 Å². The molecule has 4 rings (SSSR count). The summed E-state index contributed by atoms with van der Waals surface area (Å²) in [5.74, 6) is -1.10. The summed E-state index contributed by atoms with van der Waals surface area (Å²) in [6.45, 7) is 2.10. The van der Waals surface area contributed by atoms with Crippen LogP contribution in [0.5, 0.6) is 5.75 Å². The Morgan fingerprint density at radius 1 is 0.882 bits per heavy atom. The molecule has 3 aromatic carbocycles. The number of aryl methyl sites for hydroxylation is 1. The van der Waals surface area contributed by atoms with Gasteiger partial charge in [0.05, 0.1) is 20.8 Å². The summed E-state index contributed by atoms with van der Waals surface area (Å²) in [6, 6.07) is 16.0. The maximum atomic E-state index is 13.0. The summed E-state index contributed by atoms with van der Waals surface area (Å²) in [5, 5.41) is 3.35. The van der Waals surface area contributed by atoms with Crippen LogP contribution in [0.15, 0.2) is 66.2 Å². The monoisotopic (exact) mass is 514 g/mol. The van der Waals surface area contributed by atoms with Crippen LogP contribution in [-0.2, 0) is 16.2 Å². The standard InChI is InChI=1S/C25H17Cl3N2O4/c1-14-2-6-17(7-3-14)30-24(32)18(23(31)29-25(30)33)10-15-5-9-22(21(28)11-15)34-13-16-4-8-19(26)20(27)12-16/h2-12H,13H2,1H3,(H,29,31,33)/b18-10+. The number of halogens is 3. The van der Waals surface area contributed by atoms with E-state index in [1.54, 1.807) is 60.7 Å². The molecule has 0 radical (unpaired) electrons. The molecule has 1 N–H and O–H groups in total. The van der Waals surface area contributed by atoms with Crippen molar-refractivity contribution < 1.29 is 19.1 Å². The topological polar surface area (TPSA) is 75.7 Å². The number of rotatable bonds is 5. The molecule has 0 atom stereocenters. The van der Waals surface area contributed by atoms with Crippen LogP contribution in [0, 0.1) is 6.92 Å². The van der Waals surface area contributed by atoms with Crippen molar-refractivity contribution in [3.05, 3.63) is 98.0 Å². The average Bonchev–Trinajstić information content (AvgIpc) is 2.79. The molecule has 0 spiro atoms. The van der Waals surface area contributed by atoms with Crippen LogP contribution in [0.2, 0.25) is 15.1 Å². The third-order valence-corrected chi connectivity index (χ3v) is 6.07. The number of barbiturate groups is 1. The van der Waals surface area contributed by atoms with Gasteiger partial charge in [-0.25, -0.2) is 9.69 Å². The molecule has 3 aromatic rings. The second-order valence-electron chi connectivity index (χ2n) is 7.52. The molecular formula is C25H17Cl3N2O4. The fourth-order valence-corrected chi connectivity index (χ4v) is 3.83. The van der Waals surface area contributed by atoms with Crippen LogP contribution < -0.4 is 15.0 Å². The minimum Gasteiger partial charge on any atom is -0.487 e. The van der Waals surface area contributed by atoms with Gasteiger partial charge in [-0.2, -0.15) is 0 Å². The molecule has 0 bridgehead atoms. The Hall–Kier alpha value is -3.32. The highest BCUT2D eigenvalue weighted by Gasteiger charge is 2.36.